The third-order valence-electron chi connectivity index (χ3n) is 5.09. The lowest BCUT2D eigenvalue weighted by molar-refractivity contribution is -0.861. The fourth-order valence-corrected chi connectivity index (χ4v) is 3.61. The van der Waals surface area contributed by atoms with Crippen molar-refractivity contribution in [3.8, 4) is 5.75 Å². The third-order valence-corrected chi connectivity index (χ3v) is 5.09. The number of aryl methyl sites for hydroxylation is 1. The summed E-state index contributed by atoms with van der Waals surface area (Å²) in [6.07, 6.45) is 5.50. The van der Waals surface area contributed by atoms with Crippen LogP contribution in [0.3, 0.4) is 0 Å². The van der Waals surface area contributed by atoms with Gasteiger partial charge in [0.2, 0.25) is 11.4 Å². The molecule has 4 nitrogen and oxygen atoms in total. The number of pyridine rings is 1. The van der Waals surface area contributed by atoms with Crippen LogP contribution in [0.5, 0.6) is 5.75 Å². The number of benzene rings is 2. The number of para-hydroxylation sites is 3. The molecule has 0 radical (unpaired) electrons. The van der Waals surface area contributed by atoms with Crippen LogP contribution in [0.25, 0.3) is 17.0 Å². The summed E-state index contributed by atoms with van der Waals surface area (Å²) in [6, 6.07) is 18.9. The van der Waals surface area contributed by atoms with Gasteiger partial charge in [0.05, 0.1) is 38.1 Å². The Morgan fingerprint density at radius 1 is 1.00 bits per heavy atom. The molecule has 0 unspecified atom stereocenters. The maximum absolute atomic E-state index is 6.07. The molecule has 0 spiro atoms. The minimum Gasteiger partial charge on any atom is -0.439 e. The van der Waals surface area contributed by atoms with Crippen molar-refractivity contribution in [2.75, 3.05) is 32.6 Å². The molecule has 0 fully saturated rings. The number of hydrogen-bond acceptors (Lipinski definition) is 2. The smallest absolute Gasteiger partial charge is 0.213 e. The zero-order valence-corrected chi connectivity index (χ0v) is 18.3. The number of aromatic nitrogens is 1. The van der Waals surface area contributed by atoms with E-state index in [-0.39, 0.29) is 0 Å². The van der Waals surface area contributed by atoms with Gasteiger partial charge >= 0.3 is 0 Å². The molecule has 0 saturated heterocycles. The summed E-state index contributed by atoms with van der Waals surface area (Å²) in [5.74, 6) is 1.77. The number of anilines is 1. The number of fused-ring (bicyclic) bond motifs is 2. The normalized spacial score (nSPS) is 14.0. The molecule has 29 heavy (non-hydrogen) atoms. The van der Waals surface area contributed by atoms with E-state index < -0.39 is 0 Å². The molecule has 0 atom stereocenters. The van der Waals surface area contributed by atoms with Gasteiger partial charge in [0, 0.05) is 25.3 Å². The number of ether oxygens (including phenoxy) is 1. The van der Waals surface area contributed by atoms with E-state index in [0.717, 1.165) is 23.9 Å². The highest BCUT2D eigenvalue weighted by Gasteiger charge is 2.23. The van der Waals surface area contributed by atoms with Gasteiger partial charge in [-0.25, -0.2) is 0 Å². The molecular weight excluding hydrogens is 358 g/mol. The highest BCUT2D eigenvalue weighted by molar-refractivity contribution is 5.86. The molecule has 1 aliphatic rings. The van der Waals surface area contributed by atoms with Crippen LogP contribution >= 0.6 is 0 Å². The lowest BCUT2D eigenvalue weighted by Crippen LogP contribution is -3.05. The maximum Gasteiger partial charge on any atom is 0.213 e. The van der Waals surface area contributed by atoms with Gasteiger partial charge < -0.3 is 14.5 Å². The van der Waals surface area contributed by atoms with E-state index in [1.807, 2.05) is 39.1 Å². The zero-order chi connectivity index (χ0) is 20.8. The first-order valence-electron chi connectivity index (χ1n) is 10.6. The van der Waals surface area contributed by atoms with E-state index in [1.165, 1.54) is 34.3 Å². The van der Waals surface area contributed by atoms with Gasteiger partial charge in [-0.1, -0.05) is 38.1 Å². The van der Waals surface area contributed by atoms with Crippen molar-refractivity contribution < 1.29 is 14.2 Å². The van der Waals surface area contributed by atoms with E-state index in [0.29, 0.717) is 0 Å². The predicted molar refractivity (Wildman–Crippen MR) is 121 cm³/mol. The molecule has 2 heterocycles. The molecule has 3 aromatic rings. The predicted octanol–water partition coefficient (Wildman–Crippen LogP) is 3.52. The molecule has 0 saturated carbocycles. The van der Waals surface area contributed by atoms with Crippen LogP contribution in [0.15, 0.2) is 66.7 Å². The summed E-state index contributed by atoms with van der Waals surface area (Å²) < 4.78 is 8.43. The van der Waals surface area contributed by atoms with Gasteiger partial charge in [-0.15, -0.1) is 0 Å². The molecule has 0 bridgehead atoms. The largest absolute Gasteiger partial charge is 0.439 e. The fraction of sp³-hybridized carbons (Fsp3) is 0.320. The quantitative estimate of drug-likeness (QED) is 0.672. The Morgan fingerprint density at radius 2 is 1.72 bits per heavy atom. The number of nitrogens with zero attached hydrogens (tertiary/aromatic N) is 2. The van der Waals surface area contributed by atoms with Crippen LogP contribution in [0.4, 0.5) is 5.69 Å². The molecule has 152 valence electrons. The second kappa shape index (κ2) is 9.57. The SMILES string of the molecule is CC.CN1/C(=C/c2cc[n+](CCC[NH+](C)C)c3ccccc23)Oc2ccccc21. The topological polar surface area (TPSA) is 20.8 Å². The monoisotopic (exact) mass is 391 g/mol. The van der Waals surface area contributed by atoms with E-state index in [1.54, 1.807) is 0 Å². The van der Waals surface area contributed by atoms with E-state index in [9.17, 15) is 0 Å². The average molecular weight is 392 g/mol. The first kappa shape index (κ1) is 20.9. The van der Waals surface area contributed by atoms with Gasteiger partial charge in [0.1, 0.15) is 0 Å². The molecule has 1 aromatic heterocycles. The van der Waals surface area contributed by atoms with Crippen LogP contribution in [0.2, 0.25) is 0 Å². The van der Waals surface area contributed by atoms with Crippen molar-refractivity contribution in [1.29, 1.82) is 0 Å². The van der Waals surface area contributed by atoms with Crippen molar-refractivity contribution in [2.24, 2.45) is 0 Å². The van der Waals surface area contributed by atoms with Crippen molar-refractivity contribution in [1.82, 2.24) is 0 Å². The molecule has 0 aliphatic carbocycles. The van der Waals surface area contributed by atoms with Crippen molar-refractivity contribution in [3.63, 3.8) is 0 Å². The first-order chi connectivity index (χ1) is 14.1. The summed E-state index contributed by atoms with van der Waals surface area (Å²) in [7, 11) is 6.45. The Kier molecular flexibility index (Phi) is 6.89. The molecule has 1 aliphatic heterocycles. The number of hydrogen-bond donors (Lipinski definition) is 1. The molecule has 4 heteroatoms. The van der Waals surface area contributed by atoms with E-state index in [4.69, 9.17) is 4.74 Å². The molecule has 2 aromatic carbocycles. The van der Waals surface area contributed by atoms with Gasteiger partial charge in [-0.05, 0) is 23.8 Å². The van der Waals surface area contributed by atoms with Crippen LogP contribution in [-0.4, -0.2) is 27.7 Å². The van der Waals surface area contributed by atoms with Crippen molar-refractivity contribution >= 4 is 22.7 Å². The second-order valence-corrected chi connectivity index (χ2v) is 7.40. The maximum atomic E-state index is 6.07. The fourth-order valence-electron chi connectivity index (χ4n) is 3.61. The van der Waals surface area contributed by atoms with Crippen molar-refractivity contribution in [3.05, 3.63) is 72.2 Å². The van der Waals surface area contributed by atoms with Crippen molar-refractivity contribution in [2.45, 2.75) is 26.8 Å². The van der Waals surface area contributed by atoms with Gasteiger partial charge in [0.15, 0.2) is 18.5 Å². The number of quaternary nitrogens is 1. The lowest BCUT2D eigenvalue weighted by Gasteiger charge is -2.11. The second-order valence-electron chi connectivity index (χ2n) is 7.40. The first-order valence-corrected chi connectivity index (χ1v) is 10.6. The summed E-state index contributed by atoms with van der Waals surface area (Å²) in [4.78, 5) is 3.59. The average Bonchev–Trinajstić information content (AvgIpc) is 3.06. The zero-order valence-electron chi connectivity index (χ0n) is 18.3. The van der Waals surface area contributed by atoms with Crippen LogP contribution in [0, 0.1) is 0 Å². The number of rotatable bonds is 5. The van der Waals surface area contributed by atoms with Crippen LogP contribution in [-0.2, 0) is 6.54 Å². The Balaban J connectivity index is 0.00000117. The summed E-state index contributed by atoms with van der Waals surface area (Å²) in [6.45, 7) is 6.20. The van der Waals surface area contributed by atoms with E-state index >= 15 is 0 Å². The van der Waals surface area contributed by atoms with Gasteiger partial charge in [-0.2, -0.15) is 4.57 Å². The highest BCUT2D eigenvalue weighted by atomic mass is 16.5. The Hall–Kier alpha value is -2.85. The van der Waals surface area contributed by atoms with Gasteiger partial charge in [-0.3, -0.25) is 0 Å². The Bertz CT molecular complexity index is 994. The molecular formula is C25H33N3O+2. The van der Waals surface area contributed by atoms with Crippen LogP contribution in [0.1, 0.15) is 25.8 Å². The van der Waals surface area contributed by atoms with Crippen LogP contribution < -0.4 is 19.1 Å². The minimum atomic E-state index is 0.857. The minimum absolute atomic E-state index is 0.857. The summed E-state index contributed by atoms with van der Waals surface area (Å²) >= 11 is 0. The summed E-state index contributed by atoms with van der Waals surface area (Å²) in [5, 5.41) is 1.25. The third kappa shape index (κ3) is 4.60. The molecule has 1 N–H and O–H groups in total. The van der Waals surface area contributed by atoms with Gasteiger partial charge in [0.25, 0.3) is 0 Å². The summed E-state index contributed by atoms with van der Waals surface area (Å²) in [5.41, 5.74) is 3.54. The molecule has 0 amide bonds. The highest BCUT2D eigenvalue weighted by Crippen LogP contribution is 2.38. The Labute approximate surface area is 174 Å². The molecule has 4 rings (SSSR count). The standard InChI is InChI=1S/C23H26N3O.C2H6/c1-24(2)14-8-15-26-16-13-18(19-9-4-5-10-20(19)26)17-23-25(3)21-11-6-7-12-22(21)27-23;1-2/h4-7,9-13,16-17H,8,14-15H2,1-3H3;1-2H3/q+1;/p+1. The Morgan fingerprint density at radius 3 is 2.48 bits per heavy atom. The number of nitrogens with one attached hydrogen (secondary N) is 1. The lowest BCUT2D eigenvalue weighted by atomic mass is 10.1. The van der Waals surface area contributed by atoms with E-state index in [2.05, 4.69) is 72.2 Å².